The Morgan fingerprint density at radius 1 is 1.24 bits per heavy atom. The number of aliphatic imine (C=N–C) groups is 1. The van der Waals surface area contributed by atoms with Crippen molar-refractivity contribution < 1.29 is 8.42 Å². The van der Waals surface area contributed by atoms with Crippen LogP contribution < -0.4 is 10.6 Å². The Balaban J connectivity index is 1.81. The van der Waals surface area contributed by atoms with Crippen molar-refractivity contribution in [3.05, 3.63) is 29.3 Å². The predicted molar refractivity (Wildman–Crippen MR) is 121 cm³/mol. The normalized spacial score (nSPS) is 18.6. The van der Waals surface area contributed by atoms with E-state index in [9.17, 15) is 8.42 Å². The highest BCUT2D eigenvalue weighted by Crippen LogP contribution is 2.17. The molecule has 2 N–H and O–H groups in total. The molecule has 1 aliphatic heterocycles. The fourth-order valence-corrected chi connectivity index (χ4v) is 4.83. The molecule has 1 fully saturated rings. The number of guanidine groups is 1. The van der Waals surface area contributed by atoms with Gasteiger partial charge in [0.25, 0.3) is 0 Å². The Kier molecular flexibility index (Phi) is 9.43. The molecule has 1 unspecified atom stereocenters. The van der Waals surface area contributed by atoms with Crippen LogP contribution in [0.4, 0.5) is 0 Å². The number of benzene rings is 1. The number of hydrogen-bond donors (Lipinski definition) is 2. The van der Waals surface area contributed by atoms with Crippen LogP contribution in [0.25, 0.3) is 0 Å². The maximum atomic E-state index is 11.8. The molecule has 1 aromatic carbocycles. The topological polar surface area (TPSA) is 73.8 Å². The van der Waals surface area contributed by atoms with E-state index in [1.165, 1.54) is 45.0 Å². The van der Waals surface area contributed by atoms with Gasteiger partial charge in [-0.1, -0.05) is 18.6 Å². The minimum atomic E-state index is -3.18. The molecule has 0 radical (unpaired) electrons. The van der Waals surface area contributed by atoms with Crippen LogP contribution in [-0.2, 0) is 16.4 Å². The molecule has 7 heteroatoms. The van der Waals surface area contributed by atoms with Crippen molar-refractivity contribution in [3.63, 3.8) is 0 Å². The van der Waals surface area contributed by atoms with Gasteiger partial charge >= 0.3 is 0 Å². The number of piperidine rings is 1. The zero-order valence-electron chi connectivity index (χ0n) is 18.5. The van der Waals surface area contributed by atoms with Crippen LogP contribution in [0.5, 0.6) is 0 Å². The molecule has 164 valence electrons. The molecule has 0 aliphatic carbocycles. The minimum absolute atomic E-state index is 0.387. The van der Waals surface area contributed by atoms with E-state index in [2.05, 4.69) is 34.4 Å². The largest absolute Gasteiger partial charge is 0.357 e. The van der Waals surface area contributed by atoms with Crippen molar-refractivity contribution in [2.45, 2.75) is 70.4 Å². The highest BCUT2D eigenvalue weighted by atomic mass is 32.2. The first-order chi connectivity index (χ1) is 13.8. The molecule has 2 rings (SSSR count). The summed E-state index contributed by atoms with van der Waals surface area (Å²) in [6.45, 7) is 10.9. The first kappa shape index (κ1) is 23.7. The average Bonchev–Trinajstić information content (AvgIpc) is 2.66. The van der Waals surface area contributed by atoms with Crippen LogP contribution in [-0.4, -0.2) is 57.8 Å². The van der Waals surface area contributed by atoms with E-state index in [4.69, 9.17) is 0 Å². The fraction of sp³-hybridized carbons (Fsp3) is 0.682. The van der Waals surface area contributed by atoms with Crippen LogP contribution in [0.3, 0.4) is 0 Å². The summed E-state index contributed by atoms with van der Waals surface area (Å²) in [5.74, 6) is 0.809. The Morgan fingerprint density at radius 2 is 2.03 bits per heavy atom. The average molecular weight is 423 g/mol. The molecule has 1 saturated heterocycles. The van der Waals surface area contributed by atoms with E-state index in [0.29, 0.717) is 11.4 Å². The maximum absolute atomic E-state index is 11.8. The molecule has 1 aliphatic rings. The quantitative estimate of drug-likeness (QED) is 0.363. The second kappa shape index (κ2) is 11.6. The van der Waals surface area contributed by atoms with Crippen LogP contribution in [0.15, 0.2) is 28.1 Å². The SMILES string of the molecule is CCNC(=NCc1ccc(S(C)(=O)=O)c(C)c1)NCCCCN1CCCCC1C. The number of likely N-dealkylation sites (tertiary alicyclic amines) is 1. The lowest BCUT2D eigenvalue weighted by atomic mass is 10.0. The molecule has 0 amide bonds. The summed E-state index contributed by atoms with van der Waals surface area (Å²) in [6, 6.07) is 6.16. The third-order valence-electron chi connectivity index (χ3n) is 5.51. The van der Waals surface area contributed by atoms with E-state index in [1.54, 1.807) is 6.07 Å². The number of nitrogens with zero attached hydrogens (tertiary/aromatic N) is 2. The molecular formula is C22H38N4O2S. The number of rotatable bonds is 9. The van der Waals surface area contributed by atoms with Crippen molar-refractivity contribution in [1.82, 2.24) is 15.5 Å². The Morgan fingerprint density at radius 3 is 2.69 bits per heavy atom. The smallest absolute Gasteiger partial charge is 0.191 e. The minimum Gasteiger partial charge on any atom is -0.357 e. The van der Waals surface area contributed by atoms with Crippen LogP contribution >= 0.6 is 0 Å². The number of hydrogen-bond acceptors (Lipinski definition) is 4. The highest BCUT2D eigenvalue weighted by molar-refractivity contribution is 7.90. The van der Waals surface area contributed by atoms with Gasteiger partial charge < -0.3 is 15.5 Å². The Labute approximate surface area is 177 Å². The molecular weight excluding hydrogens is 384 g/mol. The number of aryl methyl sites for hydroxylation is 1. The third-order valence-corrected chi connectivity index (χ3v) is 6.76. The van der Waals surface area contributed by atoms with Crippen LogP contribution in [0.2, 0.25) is 0 Å². The summed E-state index contributed by atoms with van der Waals surface area (Å²) in [5, 5.41) is 6.70. The van der Waals surface area contributed by atoms with Gasteiger partial charge in [0.2, 0.25) is 0 Å². The Hall–Kier alpha value is -1.60. The molecule has 29 heavy (non-hydrogen) atoms. The van der Waals surface area contributed by atoms with Gasteiger partial charge in [-0.2, -0.15) is 0 Å². The third kappa shape index (κ3) is 7.97. The van der Waals surface area contributed by atoms with E-state index in [1.807, 2.05) is 19.1 Å². The summed E-state index contributed by atoms with van der Waals surface area (Å²) in [5.41, 5.74) is 1.77. The van der Waals surface area contributed by atoms with Crippen LogP contribution in [0.1, 0.15) is 57.1 Å². The standard InChI is InChI=1S/C22H38N4O2S/c1-5-23-22(24-13-7-9-15-26-14-8-6-10-19(26)3)25-17-20-11-12-21(18(2)16-20)29(4,27)28/h11-12,16,19H,5-10,13-15,17H2,1-4H3,(H2,23,24,25). The van der Waals surface area contributed by atoms with E-state index >= 15 is 0 Å². The van der Waals surface area contributed by atoms with Gasteiger partial charge in [-0.05, 0) is 76.7 Å². The van der Waals surface area contributed by atoms with Crippen molar-refractivity contribution in [2.75, 3.05) is 32.4 Å². The lowest BCUT2D eigenvalue weighted by Crippen LogP contribution is -2.39. The lowest BCUT2D eigenvalue weighted by molar-refractivity contribution is 0.158. The van der Waals surface area contributed by atoms with Gasteiger partial charge in [-0.3, -0.25) is 0 Å². The second-order valence-electron chi connectivity index (χ2n) is 8.08. The monoisotopic (exact) mass is 422 g/mol. The van der Waals surface area contributed by atoms with Gasteiger partial charge in [0, 0.05) is 25.4 Å². The van der Waals surface area contributed by atoms with Gasteiger partial charge in [0.05, 0.1) is 11.4 Å². The van der Waals surface area contributed by atoms with Crippen molar-refractivity contribution >= 4 is 15.8 Å². The van der Waals surface area contributed by atoms with E-state index in [-0.39, 0.29) is 0 Å². The molecule has 1 atom stereocenters. The molecule has 0 aromatic heterocycles. The van der Waals surface area contributed by atoms with Gasteiger partial charge in [-0.15, -0.1) is 0 Å². The number of nitrogens with one attached hydrogen (secondary N) is 2. The summed E-state index contributed by atoms with van der Waals surface area (Å²) < 4.78 is 23.5. The first-order valence-electron chi connectivity index (χ1n) is 10.9. The predicted octanol–water partition coefficient (Wildman–Crippen LogP) is 3.11. The zero-order chi connectivity index (χ0) is 21.3. The Bertz CT molecular complexity index is 777. The highest BCUT2D eigenvalue weighted by Gasteiger charge is 2.17. The van der Waals surface area contributed by atoms with Crippen molar-refractivity contribution in [1.29, 1.82) is 0 Å². The van der Waals surface area contributed by atoms with Crippen molar-refractivity contribution in [2.24, 2.45) is 4.99 Å². The molecule has 0 saturated carbocycles. The van der Waals surface area contributed by atoms with Crippen molar-refractivity contribution in [3.8, 4) is 0 Å². The molecule has 0 bridgehead atoms. The van der Waals surface area contributed by atoms with Gasteiger partial charge in [-0.25, -0.2) is 13.4 Å². The zero-order valence-corrected chi connectivity index (χ0v) is 19.3. The van der Waals surface area contributed by atoms with E-state index in [0.717, 1.165) is 42.6 Å². The molecule has 1 heterocycles. The molecule has 1 aromatic rings. The summed E-state index contributed by atoms with van der Waals surface area (Å²) >= 11 is 0. The fourth-order valence-electron chi connectivity index (χ4n) is 3.87. The first-order valence-corrected chi connectivity index (χ1v) is 12.8. The maximum Gasteiger partial charge on any atom is 0.191 e. The molecule has 6 nitrogen and oxygen atoms in total. The summed E-state index contributed by atoms with van der Waals surface area (Å²) in [6.07, 6.45) is 7.60. The lowest BCUT2D eigenvalue weighted by Gasteiger charge is -2.33. The van der Waals surface area contributed by atoms with Crippen LogP contribution in [0, 0.1) is 6.92 Å². The van der Waals surface area contributed by atoms with Gasteiger partial charge in [0.15, 0.2) is 15.8 Å². The second-order valence-corrected chi connectivity index (χ2v) is 10.1. The number of sulfone groups is 1. The summed E-state index contributed by atoms with van der Waals surface area (Å²) in [7, 11) is -3.18. The summed E-state index contributed by atoms with van der Waals surface area (Å²) in [4.78, 5) is 7.65. The van der Waals surface area contributed by atoms with E-state index < -0.39 is 9.84 Å². The van der Waals surface area contributed by atoms with Gasteiger partial charge in [0.1, 0.15) is 0 Å². The number of unbranched alkanes of at least 4 members (excludes halogenated alkanes) is 1. The molecule has 0 spiro atoms.